The molecular weight excluding hydrogens is 390 g/mol. The van der Waals surface area contributed by atoms with Crippen LogP contribution in [0.25, 0.3) is 0 Å². The highest BCUT2D eigenvalue weighted by Crippen LogP contribution is 2.21. The fourth-order valence-corrected chi connectivity index (χ4v) is 4.72. The smallest absolute Gasteiger partial charge is 0.114 e. The molecule has 2 aromatic carbocycles. The second kappa shape index (κ2) is 12.7. The third-order valence-electron chi connectivity index (χ3n) is 5.60. The van der Waals surface area contributed by atoms with Gasteiger partial charge in [-0.15, -0.1) is 0 Å². The highest BCUT2D eigenvalue weighted by atomic mass is 32.2. The first-order valence-electron chi connectivity index (χ1n) is 11.0. The van der Waals surface area contributed by atoms with Crippen LogP contribution in [-0.2, 0) is 6.54 Å². The van der Waals surface area contributed by atoms with E-state index in [2.05, 4.69) is 76.3 Å². The van der Waals surface area contributed by atoms with E-state index in [0.29, 0.717) is 12.5 Å². The molecule has 162 valence electrons. The Hall–Kier alpha value is -1.86. The lowest BCUT2D eigenvalue weighted by Gasteiger charge is -2.32. The summed E-state index contributed by atoms with van der Waals surface area (Å²) in [6.07, 6.45) is 4.72. The molecule has 5 nitrogen and oxygen atoms in total. The third-order valence-corrected chi connectivity index (χ3v) is 6.58. The molecular formula is C24H35N5S. The number of aliphatic imine (C=N–C) groups is 1. The Kier molecular flexibility index (Phi) is 9.70. The average Bonchev–Trinajstić information content (AvgIpc) is 2.79. The summed E-state index contributed by atoms with van der Waals surface area (Å²) < 4.78 is 2.34. The van der Waals surface area contributed by atoms with Gasteiger partial charge in [0.25, 0.3) is 0 Å². The van der Waals surface area contributed by atoms with Gasteiger partial charge >= 0.3 is 0 Å². The molecule has 6 heteroatoms. The predicted octanol–water partition coefficient (Wildman–Crippen LogP) is 4.18. The van der Waals surface area contributed by atoms with Crippen LogP contribution in [0, 0.1) is 5.92 Å². The Morgan fingerprint density at radius 2 is 1.73 bits per heavy atom. The highest BCUT2D eigenvalue weighted by Gasteiger charge is 2.22. The minimum Gasteiger partial charge on any atom is -0.312 e. The van der Waals surface area contributed by atoms with Crippen LogP contribution in [0.2, 0.25) is 0 Å². The number of hydrogen-bond acceptors (Lipinski definition) is 5. The van der Waals surface area contributed by atoms with Crippen LogP contribution in [0.5, 0.6) is 0 Å². The molecule has 0 atom stereocenters. The summed E-state index contributed by atoms with van der Waals surface area (Å²) >= 11 is 1.83. The van der Waals surface area contributed by atoms with E-state index in [1.807, 2.05) is 18.0 Å². The van der Waals surface area contributed by atoms with Crippen molar-refractivity contribution in [1.29, 1.82) is 0 Å². The Morgan fingerprint density at radius 1 is 1.07 bits per heavy atom. The minimum absolute atomic E-state index is 0.448. The fourth-order valence-electron chi connectivity index (χ4n) is 3.86. The zero-order valence-electron chi connectivity index (χ0n) is 18.0. The van der Waals surface area contributed by atoms with Crippen molar-refractivity contribution in [2.75, 3.05) is 33.2 Å². The summed E-state index contributed by atoms with van der Waals surface area (Å²) in [7, 11) is 2.18. The summed E-state index contributed by atoms with van der Waals surface area (Å²) in [5, 5.41) is 0. The maximum absolute atomic E-state index is 5.78. The quantitative estimate of drug-likeness (QED) is 0.149. The molecule has 0 amide bonds. The van der Waals surface area contributed by atoms with Crippen molar-refractivity contribution in [2.45, 2.75) is 37.1 Å². The van der Waals surface area contributed by atoms with Gasteiger partial charge in [-0.05, 0) is 82.0 Å². The van der Waals surface area contributed by atoms with E-state index in [0.717, 1.165) is 38.3 Å². The average molecular weight is 426 g/mol. The van der Waals surface area contributed by atoms with Crippen molar-refractivity contribution >= 4 is 17.8 Å². The SMILES string of the molecule is CN(CCCCN1CCC(C(=NCc2ccccc2)NN)CC1)Sc1ccccc1. The third kappa shape index (κ3) is 7.76. The van der Waals surface area contributed by atoms with E-state index in [4.69, 9.17) is 10.8 Å². The number of nitrogens with one attached hydrogen (secondary N) is 1. The number of nitrogens with two attached hydrogens (primary N) is 1. The Labute approximate surface area is 185 Å². The number of benzene rings is 2. The number of likely N-dealkylation sites (tertiary alicyclic amines) is 1. The molecule has 0 aliphatic carbocycles. The molecule has 1 aliphatic heterocycles. The Balaban J connectivity index is 1.32. The van der Waals surface area contributed by atoms with E-state index >= 15 is 0 Å². The summed E-state index contributed by atoms with van der Waals surface area (Å²) in [6.45, 7) is 5.25. The Morgan fingerprint density at radius 3 is 2.40 bits per heavy atom. The number of amidine groups is 1. The standard InChI is InChI=1S/C24H35N5S/c1-28(30-23-12-6-3-7-13-23)16-8-9-17-29-18-14-22(15-19-29)24(27-25)26-20-21-10-4-2-5-11-21/h2-7,10-13,22H,8-9,14-20,25H2,1H3,(H,26,27). The molecule has 0 spiro atoms. The lowest BCUT2D eigenvalue weighted by Crippen LogP contribution is -2.43. The Bertz CT molecular complexity index is 745. The lowest BCUT2D eigenvalue weighted by atomic mass is 9.95. The van der Waals surface area contributed by atoms with Crippen LogP contribution in [0.4, 0.5) is 0 Å². The molecule has 1 fully saturated rings. The van der Waals surface area contributed by atoms with Gasteiger partial charge in [0.05, 0.1) is 6.54 Å². The van der Waals surface area contributed by atoms with Gasteiger partial charge in [-0.3, -0.25) is 4.99 Å². The highest BCUT2D eigenvalue weighted by molar-refractivity contribution is 7.97. The van der Waals surface area contributed by atoms with Crippen molar-refractivity contribution < 1.29 is 0 Å². The van der Waals surface area contributed by atoms with Crippen LogP contribution >= 0.6 is 11.9 Å². The molecule has 0 aromatic heterocycles. The number of piperidine rings is 1. The summed E-state index contributed by atoms with van der Waals surface area (Å²) in [5.74, 6) is 7.19. The molecule has 0 saturated carbocycles. The van der Waals surface area contributed by atoms with Gasteiger partial charge in [-0.25, -0.2) is 10.1 Å². The topological polar surface area (TPSA) is 56.9 Å². The van der Waals surface area contributed by atoms with Gasteiger partial charge in [0.2, 0.25) is 0 Å². The maximum Gasteiger partial charge on any atom is 0.114 e. The molecule has 1 heterocycles. The second-order valence-electron chi connectivity index (χ2n) is 7.91. The molecule has 0 bridgehead atoms. The summed E-state index contributed by atoms with van der Waals surface area (Å²) in [6, 6.07) is 20.9. The van der Waals surface area contributed by atoms with Gasteiger partial charge in [0, 0.05) is 17.4 Å². The number of rotatable bonds is 10. The van der Waals surface area contributed by atoms with E-state index in [-0.39, 0.29) is 0 Å². The van der Waals surface area contributed by atoms with E-state index < -0.39 is 0 Å². The largest absolute Gasteiger partial charge is 0.312 e. The van der Waals surface area contributed by atoms with Crippen molar-refractivity contribution in [3.05, 3.63) is 66.2 Å². The van der Waals surface area contributed by atoms with E-state index in [1.165, 1.54) is 29.8 Å². The molecule has 2 aromatic rings. The number of nitrogens with zero attached hydrogens (tertiary/aromatic N) is 3. The zero-order valence-corrected chi connectivity index (χ0v) is 18.9. The van der Waals surface area contributed by atoms with E-state index in [1.54, 1.807) is 0 Å². The van der Waals surface area contributed by atoms with Crippen LogP contribution < -0.4 is 11.3 Å². The molecule has 1 saturated heterocycles. The van der Waals surface area contributed by atoms with Crippen LogP contribution in [-0.4, -0.2) is 48.3 Å². The molecule has 0 unspecified atom stereocenters. The minimum atomic E-state index is 0.448. The zero-order chi connectivity index (χ0) is 21.0. The number of hydrogen-bond donors (Lipinski definition) is 2. The summed E-state index contributed by atoms with van der Waals surface area (Å²) in [5.41, 5.74) is 4.09. The van der Waals surface area contributed by atoms with Crippen molar-refractivity contribution in [1.82, 2.24) is 14.6 Å². The monoisotopic (exact) mass is 425 g/mol. The van der Waals surface area contributed by atoms with Gasteiger partial charge in [0.15, 0.2) is 0 Å². The van der Waals surface area contributed by atoms with Gasteiger partial charge in [0.1, 0.15) is 5.84 Å². The molecule has 1 aliphatic rings. The van der Waals surface area contributed by atoms with Crippen LogP contribution in [0.3, 0.4) is 0 Å². The van der Waals surface area contributed by atoms with Crippen LogP contribution in [0.1, 0.15) is 31.2 Å². The number of unbranched alkanes of at least 4 members (excludes halogenated alkanes) is 1. The first-order valence-corrected chi connectivity index (χ1v) is 11.7. The predicted molar refractivity (Wildman–Crippen MR) is 128 cm³/mol. The van der Waals surface area contributed by atoms with Crippen molar-refractivity contribution in [2.24, 2.45) is 16.8 Å². The molecule has 3 N–H and O–H groups in total. The molecule has 30 heavy (non-hydrogen) atoms. The first-order chi connectivity index (χ1) is 14.7. The molecule has 0 radical (unpaired) electrons. The van der Waals surface area contributed by atoms with Gasteiger partial charge in [-0.2, -0.15) is 0 Å². The maximum atomic E-state index is 5.78. The first kappa shape index (κ1) is 22.8. The second-order valence-corrected chi connectivity index (χ2v) is 9.19. The summed E-state index contributed by atoms with van der Waals surface area (Å²) in [4.78, 5) is 8.64. The van der Waals surface area contributed by atoms with Crippen LogP contribution in [0.15, 0.2) is 70.6 Å². The number of hydrazine groups is 1. The van der Waals surface area contributed by atoms with Gasteiger partial charge in [-0.1, -0.05) is 48.5 Å². The van der Waals surface area contributed by atoms with Crippen molar-refractivity contribution in [3.8, 4) is 0 Å². The van der Waals surface area contributed by atoms with Gasteiger partial charge < -0.3 is 10.3 Å². The van der Waals surface area contributed by atoms with E-state index in [9.17, 15) is 0 Å². The normalized spacial score (nSPS) is 16.2. The van der Waals surface area contributed by atoms with Crippen molar-refractivity contribution in [3.63, 3.8) is 0 Å². The fraction of sp³-hybridized carbons (Fsp3) is 0.458. The molecule has 3 rings (SSSR count). The lowest BCUT2D eigenvalue weighted by molar-refractivity contribution is 0.203.